The Labute approximate surface area is 142 Å². The molecule has 0 atom stereocenters. The van der Waals surface area contributed by atoms with E-state index in [0.29, 0.717) is 24.7 Å². The van der Waals surface area contributed by atoms with Crippen LogP contribution in [0.15, 0.2) is 48.5 Å². The summed E-state index contributed by atoms with van der Waals surface area (Å²) in [5.41, 5.74) is 4.01. The Balaban J connectivity index is 1.56. The predicted octanol–water partition coefficient (Wildman–Crippen LogP) is 3.68. The predicted molar refractivity (Wildman–Crippen MR) is 94.2 cm³/mol. The molecule has 122 valence electrons. The molecule has 4 heteroatoms. The van der Waals surface area contributed by atoms with Gasteiger partial charge in [0.15, 0.2) is 0 Å². The van der Waals surface area contributed by atoms with Gasteiger partial charge in [-0.15, -0.1) is 0 Å². The molecular formula is C20H21N3O. The maximum Gasteiger partial charge on any atom is 0.219 e. The van der Waals surface area contributed by atoms with Gasteiger partial charge in [0.1, 0.15) is 0 Å². The zero-order chi connectivity index (χ0) is 16.9. The quantitative estimate of drug-likeness (QED) is 0.883. The molecule has 4 nitrogen and oxygen atoms in total. The van der Waals surface area contributed by atoms with Crippen LogP contribution in [0, 0.1) is 11.3 Å². The van der Waals surface area contributed by atoms with E-state index in [1.807, 2.05) is 41.3 Å². The number of hydrogen-bond acceptors (Lipinski definition) is 3. The van der Waals surface area contributed by atoms with Gasteiger partial charge in [-0.1, -0.05) is 24.3 Å². The third-order valence-electron chi connectivity index (χ3n) is 4.28. The molecule has 0 saturated heterocycles. The van der Waals surface area contributed by atoms with Crippen molar-refractivity contribution < 1.29 is 4.79 Å². The highest BCUT2D eigenvalue weighted by atomic mass is 16.2. The van der Waals surface area contributed by atoms with E-state index in [2.05, 4.69) is 23.5 Å². The van der Waals surface area contributed by atoms with E-state index in [1.165, 1.54) is 0 Å². The second kappa shape index (κ2) is 7.18. The fourth-order valence-electron chi connectivity index (χ4n) is 2.71. The second-order valence-corrected chi connectivity index (χ2v) is 6.24. The van der Waals surface area contributed by atoms with Crippen molar-refractivity contribution in [3.05, 3.63) is 65.2 Å². The summed E-state index contributed by atoms with van der Waals surface area (Å²) in [6.07, 6.45) is 2.26. The first-order valence-corrected chi connectivity index (χ1v) is 8.25. The normalized spacial score (nSPS) is 13.2. The van der Waals surface area contributed by atoms with Crippen molar-refractivity contribution in [2.75, 3.05) is 5.32 Å². The molecular weight excluding hydrogens is 298 g/mol. The second-order valence-electron chi connectivity index (χ2n) is 6.24. The number of carbonyl (C=O) groups excluding carboxylic acids is 1. The summed E-state index contributed by atoms with van der Waals surface area (Å²) < 4.78 is 0. The van der Waals surface area contributed by atoms with E-state index in [0.717, 1.165) is 29.7 Å². The Morgan fingerprint density at radius 1 is 1.12 bits per heavy atom. The summed E-state index contributed by atoms with van der Waals surface area (Å²) in [5.74, 6) is 0.153. The Morgan fingerprint density at radius 2 is 1.75 bits per heavy atom. The van der Waals surface area contributed by atoms with E-state index >= 15 is 0 Å². The summed E-state index contributed by atoms with van der Waals surface area (Å²) in [6.45, 7) is 3.05. The van der Waals surface area contributed by atoms with Gasteiger partial charge in [0.05, 0.1) is 11.6 Å². The van der Waals surface area contributed by atoms with E-state index in [1.54, 1.807) is 6.92 Å². The molecule has 1 fully saturated rings. The zero-order valence-corrected chi connectivity index (χ0v) is 13.8. The van der Waals surface area contributed by atoms with Crippen LogP contribution >= 0.6 is 0 Å². The van der Waals surface area contributed by atoms with Crippen LogP contribution in [0.25, 0.3) is 0 Å². The Kier molecular flexibility index (Phi) is 4.81. The minimum atomic E-state index is 0.153. The summed E-state index contributed by atoms with van der Waals surface area (Å²) >= 11 is 0. The van der Waals surface area contributed by atoms with Gasteiger partial charge < -0.3 is 10.2 Å². The Morgan fingerprint density at radius 3 is 2.29 bits per heavy atom. The number of nitrogens with one attached hydrogen (secondary N) is 1. The minimum Gasteiger partial charge on any atom is -0.381 e. The lowest BCUT2D eigenvalue weighted by atomic mass is 10.1. The van der Waals surface area contributed by atoms with Gasteiger partial charge in [0.2, 0.25) is 5.91 Å². The summed E-state index contributed by atoms with van der Waals surface area (Å²) in [4.78, 5) is 13.7. The van der Waals surface area contributed by atoms with Crippen LogP contribution in [0.2, 0.25) is 0 Å². The first-order valence-electron chi connectivity index (χ1n) is 8.25. The molecule has 1 aliphatic rings. The van der Waals surface area contributed by atoms with E-state index in [4.69, 9.17) is 5.26 Å². The molecule has 24 heavy (non-hydrogen) atoms. The first kappa shape index (κ1) is 16.1. The lowest BCUT2D eigenvalue weighted by Gasteiger charge is -2.20. The van der Waals surface area contributed by atoms with E-state index < -0.39 is 0 Å². The maximum absolute atomic E-state index is 11.7. The van der Waals surface area contributed by atoms with Crippen molar-refractivity contribution in [3.63, 3.8) is 0 Å². The van der Waals surface area contributed by atoms with Crippen LogP contribution < -0.4 is 5.32 Å². The van der Waals surface area contributed by atoms with Gasteiger partial charge in [-0.2, -0.15) is 5.26 Å². The van der Waals surface area contributed by atoms with Crippen molar-refractivity contribution in [1.82, 2.24) is 4.90 Å². The molecule has 0 aliphatic heterocycles. The largest absolute Gasteiger partial charge is 0.381 e. The Hall–Kier alpha value is -2.80. The van der Waals surface area contributed by atoms with Crippen molar-refractivity contribution in [1.29, 1.82) is 5.26 Å². The smallest absolute Gasteiger partial charge is 0.219 e. The van der Waals surface area contributed by atoms with E-state index in [-0.39, 0.29) is 5.91 Å². The highest BCUT2D eigenvalue weighted by Gasteiger charge is 2.30. The molecule has 0 aromatic heterocycles. The monoisotopic (exact) mass is 319 g/mol. The van der Waals surface area contributed by atoms with Gasteiger partial charge in [-0.05, 0) is 48.2 Å². The lowest BCUT2D eigenvalue weighted by molar-refractivity contribution is -0.130. The molecule has 1 N–H and O–H groups in total. The van der Waals surface area contributed by atoms with Crippen LogP contribution in [0.1, 0.15) is 36.5 Å². The standard InChI is InChI=1S/C20H21N3O/c1-15(24)23(20-10-11-20)14-18-6-8-19(9-7-18)22-13-17-4-2-16(12-21)3-5-17/h2-9,20,22H,10-11,13-14H2,1H3. The average Bonchev–Trinajstić information content (AvgIpc) is 3.44. The fraction of sp³-hybridized carbons (Fsp3) is 0.300. The van der Waals surface area contributed by atoms with Gasteiger partial charge in [0, 0.05) is 31.7 Å². The Bertz CT molecular complexity index is 740. The molecule has 0 radical (unpaired) electrons. The first-order chi connectivity index (χ1) is 11.7. The van der Waals surface area contributed by atoms with Crippen LogP contribution in [0.3, 0.4) is 0 Å². The van der Waals surface area contributed by atoms with Crippen LogP contribution in [-0.2, 0) is 17.9 Å². The number of amides is 1. The minimum absolute atomic E-state index is 0.153. The summed E-state index contributed by atoms with van der Waals surface area (Å²) in [7, 11) is 0. The zero-order valence-electron chi connectivity index (χ0n) is 13.8. The lowest BCUT2D eigenvalue weighted by Crippen LogP contribution is -2.30. The molecule has 1 saturated carbocycles. The van der Waals surface area contributed by atoms with Gasteiger partial charge in [0.25, 0.3) is 0 Å². The SMILES string of the molecule is CC(=O)N(Cc1ccc(NCc2ccc(C#N)cc2)cc1)C1CC1. The number of nitriles is 1. The van der Waals surface area contributed by atoms with E-state index in [9.17, 15) is 4.79 Å². The van der Waals surface area contributed by atoms with Crippen molar-refractivity contribution in [3.8, 4) is 6.07 Å². The summed E-state index contributed by atoms with van der Waals surface area (Å²) in [5, 5.41) is 12.2. The number of carbonyl (C=O) groups is 1. The third-order valence-corrected chi connectivity index (χ3v) is 4.28. The highest BCUT2D eigenvalue weighted by Crippen LogP contribution is 2.28. The van der Waals surface area contributed by atoms with Gasteiger partial charge in [-0.3, -0.25) is 4.79 Å². The number of nitrogens with zero attached hydrogens (tertiary/aromatic N) is 2. The van der Waals surface area contributed by atoms with Crippen LogP contribution in [0.4, 0.5) is 5.69 Å². The summed E-state index contributed by atoms with van der Waals surface area (Å²) in [6, 6.07) is 18.4. The maximum atomic E-state index is 11.7. The molecule has 3 rings (SSSR count). The van der Waals surface area contributed by atoms with Gasteiger partial charge >= 0.3 is 0 Å². The molecule has 0 spiro atoms. The number of anilines is 1. The van der Waals surface area contributed by atoms with Crippen molar-refractivity contribution in [2.45, 2.75) is 38.9 Å². The topological polar surface area (TPSA) is 56.1 Å². The molecule has 1 amide bonds. The van der Waals surface area contributed by atoms with Crippen LogP contribution in [0.5, 0.6) is 0 Å². The highest BCUT2D eigenvalue weighted by molar-refractivity contribution is 5.74. The number of benzene rings is 2. The molecule has 0 unspecified atom stereocenters. The van der Waals surface area contributed by atoms with Crippen LogP contribution in [-0.4, -0.2) is 16.8 Å². The molecule has 0 bridgehead atoms. The molecule has 0 heterocycles. The van der Waals surface area contributed by atoms with Gasteiger partial charge in [-0.25, -0.2) is 0 Å². The third kappa shape index (κ3) is 4.14. The molecule has 2 aromatic rings. The molecule has 1 aliphatic carbocycles. The number of rotatable bonds is 6. The average molecular weight is 319 g/mol. The fourth-order valence-corrected chi connectivity index (χ4v) is 2.71. The van der Waals surface area contributed by atoms with Crippen molar-refractivity contribution >= 4 is 11.6 Å². The molecule has 2 aromatic carbocycles. The number of hydrogen-bond donors (Lipinski definition) is 1. The van der Waals surface area contributed by atoms with Crippen molar-refractivity contribution in [2.24, 2.45) is 0 Å².